The van der Waals surface area contributed by atoms with Gasteiger partial charge in [-0.2, -0.15) is 8.42 Å². The van der Waals surface area contributed by atoms with Crippen molar-refractivity contribution in [1.82, 2.24) is 0 Å². The maximum absolute atomic E-state index is 11.2. The zero-order chi connectivity index (χ0) is 15.0. The largest absolute Gasteiger partial charge is 0.394 e. The van der Waals surface area contributed by atoms with E-state index < -0.39 is 10.1 Å². The molecule has 0 spiro atoms. The Hall–Kier alpha value is -0.990. The summed E-state index contributed by atoms with van der Waals surface area (Å²) in [5.41, 5.74) is 1.45. The minimum atomic E-state index is -4.21. The molecule has 1 aromatic rings. The Morgan fingerprint density at radius 1 is 1.10 bits per heavy atom. The molecular weight excluding hydrogens is 284 g/mol. The molecule has 0 aliphatic rings. The van der Waals surface area contributed by atoms with Gasteiger partial charge in [0.15, 0.2) is 0 Å². The molecule has 2 N–H and O–H groups in total. The van der Waals surface area contributed by atoms with Gasteiger partial charge < -0.3 is 14.6 Å². The Kier molecular flexibility index (Phi) is 7.11. The first-order valence-electron chi connectivity index (χ1n) is 6.28. The number of aliphatic hydroxyl groups excluding tert-OH is 1. The highest BCUT2D eigenvalue weighted by Crippen LogP contribution is 2.17. The van der Waals surface area contributed by atoms with Crippen LogP contribution in [0.3, 0.4) is 0 Å². The molecule has 0 saturated carbocycles. The molecule has 6 nitrogen and oxygen atoms in total. The summed E-state index contributed by atoms with van der Waals surface area (Å²) in [6.07, 6.45) is 0.386. The summed E-state index contributed by atoms with van der Waals surface area (Å²) >= 11 is 0. The Balaban J connectivity index is 2.49. The predicted molar refractivity (Wildman–Crippen MR) is 73.4 cm³/mol. The van der Waals surface area contributed by atoms with Crippen molar-refractivity contribution in [2.24, 2.45) is 0 Å². The Morgan fingerprint density at radius 3 is 2.35 bits per heavy atom. The molecule has 0 unspecified atom stereocenters. The van der Waals surface area contributed by atoms with Crippen molar-refractivity contribution in [3.05, 3.63) is 29.3 Å². The predicted octanol–water partition coefficient (Wildman–Crippen LogP) is 0.810. The second-order valence-corrected chi connectivity index (χ2v) is 5.67. The van der Waals surface area contributed by atoms with Crippen molar-refractivity contribution in [2.75, 3.05) is 33.0 Å². The average molecular weight is 304 g/mol. The molecule has 0 fully saturated rings. The fraction of sp³-hybridized carbons (Fsp3) is 0.538. The van der Waals surface area contributed by atoms with E-state index in [4.69, 9.17) is 19.1 Å². The van der Waals surface area contributed by atoms with Crippen LogP contribution in [0.4, 0.5) is 0 Å². The number of ether oxygens (including phenoxy) is 2. The fourth-order valence-electron chi connectivity index (χ4n) is 1.72. The second-order valence-electron chi connectivity index (χ2n) is 4.28. The molecule has 20 heavy (non-hydrogen) atoms. The van der Waals surface area contributed by atoms with Gasteiger partial charge in [0.2, 0.25) is 0 Å². The maximum atomic E-state index is 11.2. The fourth-order valence-corrected chi connectivity index (χ4v) is 2.46. The van der Waals surface area contributed by atoms with Crippen molar-refractivity contribution < 1.29 is 27.6 Å². The van der Waals surface area contributed by atoms with Gasteiger partial charge in [-0.3, -0.25) is 4.55 Å². The van der Waals surface area contributed by atoms with Crippen LogP contribution in [-0.4, -0.2) is 51.1 Å². The highest BCUT2D eigenvalue weighted by Gasteiger charge is 2.14. The Labute approximate surface area is 119 Å². The molecule has 114 valence electrons. The van der Waals surface area contributed by atoms with Crippen LogP contribution < -0.4 is 0 Å². The third-order valence-corrected chi connectivity index (χ3v) is 3.57. The summed E-state index contributed by atoms with van der Waals surface area (Å²) in [5.74, 6) is 0. The molecule has 0 atom stereocenters. The smallest absolute Gasteiger partial charge is 0.294 e. The van der Waals surface area contributed by atoms with Crippen LogP contribution >= 0.6 is 0 Å². The topological polar surface area (TPSA) is 93.1 Å². The Morgan fingerprint density at radius 2 is 1.75 bits per heavy atom. The number of aliphatic hydroxyl groups is 1. The van der Waals surface area contributed by atoms with Gasteiger partial charge >= 0.3 is 0 Å². The van der Waals surface area contributed by atoms with Gasteiger partial charge in [0.05, 0.1) is 37.9 Å². The lowest BCUT2D eigenvalue weighted by Crippen LogP contribution is -2.10. The molecule has 1 aromatic carbocycles. The first-order valence-corrected chi connectivity index (χ1v) is 7.72. The summed E-state index contributed by atoms with van der Waals surface area (Å²) in [5, 5.41) is 8.50. The van der Waals surface area contributed by atoms with E-state index in [0.717, 1.165) is 5.56 Å². The van der Waals surface area contributed by atoms with Gasteiger partial charge in [0.25, 0.3) is 10.1 Å². The van der Waals surface area contributed by atoms with Crippen molar-refractivity contribution in [2.45, 2.75) is 18.2 Å². The van der Waals surface area contributed by atoms with E-state index in [1.165, 1.54) is 6.07 Å². The van der Waals surface area contributed by atoms with E-state index in [1.54, 1.807) is 12.1 Å². The molecule has 0 aromatic heterocycles. The van der Waals surface area contributed by atoms with E-state index in [2.05, 4.69) is 0 Å². The van der Waals surface area contributed by atoms with E-state index in [1.807, 2.05) is 6.92 Å². The SMILES string of the molecule is Cc1ccc(S(=O)(=O)O)c(CCOCCOCCO)c1. The first-order chi connectivity index (χ1) is 9.45. The molecule has 0 heterocycles. The van der Waals surface area contributed by atoms with Crippen molar-refractivity contribution in [1.29, 1.82) is 0 Å². The number of hydrogen-bond donors (Lipinski definition) is 2. The second kappa shape index (κ2) is 8.33. The van der Waals surface area contributed by atoms with E-state index >= 15 is 0 Å². The summed E-state index contributed by atoms with van der Waals surface area (Å²) in [6, 6.07) is 4.75. The molecule has 0 amide bonds. The van der Waals surface area contributed by atoms with Gasteiger partial charge in [-0.05, 0) is 25.0 Å². The van der Waals surface area contributed by atoms with Crippen molar-refractivity contribution in [3.63, 3.8) is 0 Å². The third-order valence-electron chi connectivity index (χ3n) is 2.62. The van der Waals surface area contributed by atoms with Crippen LogP contribution in [0.5, 0.6) is 0 Å². The minimum Gasteiger partial charge on any atom is -0.394 e. The zero-order valence-electron chi connectivity index (χ0n) is 11.4. The lowest BCUT2D eigenvalue weighted by Gasteiger charge is -2.09. The summed E-state index contributed by atoms with van der Waals surface area (Å²) < 4.78 is 42.0. The maximum Gasteiger partial charge on any atom is 0.294 e. The van der Waals surface area contributed by atoms with Crippen LogP contribution in [-0.2, 0) is 26.0 Å². The third kappa shape index (κ3) is 5.98. The van der Waals surface area contributed by atoms with Gasteiger partial charge in [0.1, 0.15) is 0 Å². The zero-order valence-corrected chi connectivity index (χ0v) is 12.2. The quantitative estimate of drug-likeness (QED) is 0.518. The molecule has 0 radical (unpaired) electrons. The molecule has 0 aliphatic carbocycles. The van der Waals surface area contributed by atoms with Crippen LogP contribution in [0.1, 0.15) is 11.1 Å². The van der Waals surface area contributed by atoms with Crippen LogP contribution in [0.25, 0.3) is 0 Å². The van der Waals surface area contributed by atoms with Crippen LogP contribution in [0.2, 0.25) is 0 Å². The van der Waals surface area contributed by atoms with Crippen molar-refractivity contribution in [3.8, 4) is 0 Å². The monoisotopic (exact) mass is 304 g/mol. The standard InChI is InChI=1S/C13H20O6S/c1-11-2-3-13(20(15,16)17)12(10-11)4-6-18-8-9-19-7-5-14/h2-3,10,14H,4-9H2,1H3,(H,15,16,17). The molecular formula is C13H20O6S. The molecule has 0 saturated heterocycles. The highest BCUT2D eigenvalue weighted by molar-refractivity contribution is 7.85. The summed E-state index contributed by atoms with van der Waals surface area (Å²) in [6.45, 7) is 3.16. The van der Waals surface area contributed by atoms with Gasteiger partial charge in [0, 0.05) is 0 Å². The van der Waals surface area contributed by atoms with Gasteiger partial charge in [-0.15, -0.1) is 0 Å². The van der Waals surface area contributed by atoms with Gasteiger partial charge in [-0.1, -0.05) is 17.7 Å². The average Bonchev–Trinajstić information content (AvgIpc) is 2.36. The lowest BCUT2D eigenvalue weighted by molar-refractivity contribution is 0.0339. The minimum absolute atomic E-state index is 0.0268. The summed E-state index contributed by atoms with van der Waals surface area (Å²) in [4.78, 5) is -0.0803. The number of rotatable bonds is 9. The number of aryl methyl sites for hydroxylation is 1. The highest BCUT2D eigenvalue weighted by atomic mass is 32.2. The number of hydrogen-bond acceptors (Lipinski definition) is 5. The first kappa shape index (κ1) is 17.1. The van der Waals surface area contributed by atoms with E-state index in [0.29, 0.717) is 31.8 Å². The molecule has 7 heteroatoms. The number of benzene rings is 1. The molecule has 0 bridgehead atoms. The van der Waals surface area contributed by atoms with E-state index in [-0.39, 0.29) is 18.1 Å². The molecule has 1 rings (SSSR count). The van der Waals surface area contributed by atoms with E-state index in [9.17, 15) is 8.42 Å². The molecule has 0 aliphatic heterocycles. The summed E-state index contributed by atoms with van der Waals surface area (Å²) in [7, 11) is -4.21. The van der Waals surface area contributed by atoms with Crippen LogP contribution in [0, 0.1) is 6.92 Å². The van der Waals surface area contributed by atoms with Gasteiger partial charge in [-0.25, -0.2) is 0 Å². The Bertz CT molecular complexity index is 512. The normalized spacial score (nSPS) is 11.8. The van der Waals surface area contributed by atoms with Crippen molar-refractivity contribution >= 4 is 10.1 Å². The lowest BCUT2D eigenvalue weighted by atomic mass is 10.1. The van der Waals surface area contributed by atoms with Crippen LogP contribution in [0.15, 0.2) is 23.1 Å².